The Bertz CT molecular complexity index is 920. The van der Waals surface area contributed by atoms with Crippen LogP contribution in [0.15, 0.2) is 48.5 Å². The van der Waals surface area contributed by atoms with Crippen LogP contribution in [0, 0.1) is 5.92 Å². The van der Waals surface area contributed by atoms with Crippen molar-refractivity contribution in [2.24, 2.45) is 5.92 Å². The van der Waals surface area contributed by atoms with Gasteiger partial charge in [-0.3, -0.25) is 19.3 Å². The number of imide groups is 1. The monoisotopic (exact) mass is 392 g/mol. The Balaban J connectivity index is 1.48. The first-order valence-corrected chi connectivity index (χ1v) is 9.93. The van der Waals surface area contributed by atoms with Crippen molar-refractivity contribution in [1.82, 2.24) is 4.90 Å². The van der Waals surface area contributed by atoms with Gasteiger partial charge in [0.25, 0.3) is 11.8 Å². The minimum Gasteiger partial charge on any atom is -0.469 e. The molecule has 0 bridgehead atoms. The zero-order valence-corrected chi connectivity index (χ0v) is 16.5. The molecule has 0 radical (unpaired) electrons. The van der Waals surface area contributed by atoms with E-state index in [1.807, 2.05) is 24.3 Å². The number of esters is 1. The second-order valence-corrected chi connectivity index (χ2v) is 7.60. The SMILES string of the molecule is COC(=O)Cc1ccccc1N1CCCC(CN2C(=O)c3ccccc3C2=O)C1. The molecule has 29 heavy (non-hydrogen) atoms. The zero-order chi connectivity index (χ0) is 20.4. The Kier molecular flexibility index (Phi) is 5.34. The molecule has 1 saturated heterocycles. The third-order valence-corrected chi connectivity index (χ3v) is 5.73. The fraction of sp³-hybridized carbons (Fsp3) is 0.348. The summed E-state index contributed by atoms with van der Waals surface area (Å²) in [5, 5.41) is 0. The van der Waals surface area contributed by atoms with Crippen molar-refractivity contribution in [1.29, 1.82) is 0 Å². The molecule has 2 aromatic rings. The number of amides is 2. The number of methoxy groups -OCH3 is 1. The van der Waals surface area contributed by atoms with Gasteiger partial charge in [0, 0.05) is 25.3 Å². The Morgan fingerprint density at radius 3 is 2.38 bits per heavy atom. The van der Waals surface area contributed by atoms with Gasteiger partial charge in [-0.25, -0.2) is 0 Å². The number of hydrogen-bond acceptors (Lipinski definition) is 5. The van der Waals surface area contributed by atoms with Crippen molar-refractivity contribution in [2.75, 3.05) is 31.6 Å². The van der Waals surface area contributed by atoms with E-state index in [9.17, 15) is 14.4 Å². The molecule has 6 nitrogen and oxygen atoms in total. The second kappa shape index (κ2) is 8.07. The van der Waals surface area contributed by atoms with Crippen molar-refractivity contribution < 1.29 is 19.1 Å². The lowest BCUT2D eigenvalue weighted by molar-refractivity contribution is -0.139. The van der Waals surface area contributed by atoms with Gasteiger partial charge in [0.15, 0.2) is 0 Å². The van der Waals surface area contributed by atoms with E-state index in [0.29, 0.717) is 17.7 Å². The van der Waals surface area contributed by atoms with Crippen molar-refractivity contribution in [2.45, 2.75) is 19.3 Å². The number of fused-ring (bicyclic) bond motifs is 1. The summed E-state index contributed by atoms with van der Waals surface area (Å²) in [6.07, 6.45) is 2.16. The molecule has 0 N–H and O–H groups in total. The maximum atomic E-state index is 12.7. The molecule has 0 saturated carbocycles. The van der Waals surface area contributed by atoms with Crippen LogP contribution in [-0.4, -0.2) is 49.4 Å². The third kappa shape index (κ3) is 3.75. The number of carbonyl (C=O) groups is 3. The lowest BCUT2D eigenvalue weighted by atomic mass is 9.95. The van der Waals surface area contributed by atoms with Gasteiger partial charge in [-0.2, -0.15) is 0 Å². The second-order valence-electron chi connectivity index (χ2n) is 7.60. The molecular formula is C23H24N2O4. The fourth-order valence-corrected chi connectivity index (χ4v) is 4.29. The molecule has 1 unspecified atom stereocenters. The van der Waals surface area contributed by atoms with Crippen LogP contribution in [0.4, 0.5) is 5.69 Å². The minimum absolute atomic E-state index is 0.192. The molecule has 2 aromatic carbocycles. The molecule has 150 valence electrons. The summed E-state index contributed by atoms with van der Waals surface area (Å²) in [5.74, 6) is -0.475. The maximum Gasteiger partial charge on any atom is 0.310 e. The van der Waals surface area contributed by atoms with E-state index >= 15 is 0 Å². The smallest absolute Gasteiger partial charge is 0.310 e. The highest BCUT2D eigenvalue weighted by atomic mass is 16.5. The van der Waals surface area contributed by atoms with Gasteiger partial charge in [0.2, 0.25) is 0 Å². The van der Waals surface area contributed by atoms with Crippen molar-refractivity contribution >= 4 is 23.5 Å². The number of hydrogen-bond donors (Lipinski definition) is 0. The minimum atomic E-state index is -0.267. The van der Waals surface area contributed by atoms with Crippen LogP contribution in [0.25, 0.3) is 0 Å². The van der Waals surface area contributed by atoms with E-state index in [1.165, 1.54) is 12.0 Å². The molecule has 0 aliphatic carbocycles. The number of para-hydroxylation sites is 1. The van der Waals surface area contributed by atoms with Gasteiger partial charge < -0.3 is 9.64 Å². The largest absolute Gasteiger partial charge is 0.469 e. The lowest BCUT2D eigenvalue weighted by Crippen LogP contribution is -2.43. The van der Waals surface area contributed by atoms with Crippen LogP contribution in [0.1, 0.15) is 39.1 Å². The Hall–Kier alpha value is -3.15. The Morgan fingerprint density at radius 1 is 1.03 bits per heavy atom. The van der Waals surface area contributed by atoms with E-state index in [0.717, 1.165) is 37.2 Å². The van der Waals surface area contributed by atoms with E-state index < -0.39 is 0 Å². The number of nitrogens with zero attached hydrogens (tertiary/aromatic N) is 2. The van der Waals surface area contributed by atoms with Crippen LogP contribution in [0.5, 0.6) is 0 Å². The molecule has 0 aromatic heterocycles. The average Bonchev–Trinajstić information content (AvgIpc) is 2.99. The van der Waals surface area contributed by atoms with Crippen molar-refractivity contribution in [3.63, 3.8) is 0 Å². The predicted molar refractivity (Wildman–Crippen MR) is 109 cm³/mol. The number of carbonyl (C=O) groups excluding carboxylic acids is 3. The number of benzene rings is 2. The van der Waals surface area contributed by atoms with Gasteiger partial charge >= 0.3 is 5.97 Å². The first kappa shape index (κ1) is 19.2. The highest BCUT2D eigenvalue weighted by molar-refractivity contribution is 6.21. The van der Waals surface area contributed by atoms with E-state index in [-0.39, 0.29) is 30.1 Å². The standard InChI is InChI=1S/C23H24N2O4/c1-29-21(26)13-17-8-2-5-11-20(17)24-12-6-7-16(14-24)15-25-22(27)18-9-3-4-10-19(18)23(25)28/h2-5,8-11,16H,6-7,12-15H2,1H3. The van der Waals surface area contributed by atoms with Crippen molar-refractivity contribution in [3.05, 3.63) is 65.2 Å². The van der Waals surface area contributed by atoms with Gasteiger partial charge in [0.1, 0.15) is 0 Å². The molecule has 1 atom stereocenters. The predicted octanol–water partition coefficient (Wildman–Crippen LogP) is 2.91. The molecule has 2 aliphatic heterocycles. The van der Waals surface area contributed by atoms with Gasteiger partial charge in [-0.05, 0) is 42.5 Å². The number of rotatable bonds is 5. The normalized spacial score (nSPS) is 18.7. The van der Waals surface area contributed by atoms with Crippen LogP contribution < -0.4 is 4.90 Å². The quantitative estimate of drug-likeness (QED) is 0.578. The first-order chi connectivity index (χ1) is 14.1. The molecule has 2 heterocycles. The van der Waals surface area contributed by atoms with Gasteiger partial charge in [-0.1, -0.05) is 30.3 Å². The van der Waals surface area contributed by atoms with Crippen LogP contribution in [0.2, 0.25) is 0 Å². The summed E-state index contributed by atoms with van der Waals surface area (Å²) in [7, 11) is 1.39. The Labute approximate surface area is 170 Å². The summed E-state index contributed by atoms with van der Waals surface area (Å²) < 4.78 is 4.82. The average molecular weight is 392 g/mol. The summed E-state index contributed by atoms with van der Waals surface area (Å²) in [5.41, 5.74) is 2.94. The van der Waals surface area contributed by atoms with Gasteiger partial charge in [-0.15, -0.1) is 0 Å². The molecular weight excluding hydrogens is 368 g/mol. The number of anilines is 1. The molecule has 0 spiro atoms. The molecule has 4 rings (SSSR count). The van der Waals surface area contributed by atoms with Crippen molar-refractivity contribution in [3.8, 4) is 0 Å². The maximum absolute atomic E-state index is 12.7. The summed E-state index contributed by atoms with van der Waals surface area (Å²) in [6.45, 7) is 2.05. The number of piperidine rings is 1. The first-order valence-electron chi connectivity index (χ1n) is 9.93. The number of ether oxygens (including phenoxy) is 1. The highest BCUT2D eigenvalue weighted by Gasteiger charge is 2.37. The van der Waals surface area contributed by atoms with Crippen LogP contribution in [-0.2, 0) is 16.0 Å². The summed E-state index contributed by atoms with van der Waals surface area (Å²) in [4.78, 5) is 40.8. The molecule has 2 amide bonds. The summed E-state index contributed by atoms with van der Waals surface area (Å²) in [6, 6.07) is 14.8. The fourth-order valence-electron chi connectivity index (χ4n) is 4.29. The molecule has 2 aliphatic rings. The Morgan fingerprint density at radius 2 is 1.69 bits per heavy atom. The van der Waals surface area contributed by atoms with Crippen LogP contribution in [0.3, 0.4) is 0 Å². The third-order valence-electron chi connectivity index (χ3n) is 5.73. The molecule has 1 fully saturated rings. The lowest BCUT2D eigenvalue weighted by Gasteiger charge is -2.36. The van der Waals surface area contributed by atoms with Crippen LogP contribution >= 0.6 is 0 Å². The van der Waals surface area contributed by atoms with Gasteiger partial charge in [0.05, 0.1) is 24.7 Å². The topological polar surface area (TPSA) is 66.9 Å². The zero-order valence-electron chi connectivity index (χ0n) is 16.5. The van der Waals surface area contributed by atoms with E-state index in [1.54, 1.807) is 24.3 Å². The van der Waals surface area contributed by atoms with E-state index in [4.69, 9.17) is 4.74 Å². The van der Waals surface area contributed by atoms with E-state index in [2.05, 4.69) is 4.90 Å². The summed E-state index contributed by atoms with van der Waals surface area (Å²) >= 11 is 0. The highest BCUT2D eigenvalue weighted by Crippen LogP contribution is 2.29. The molecule has 6 heteroatoms.